The molecule has 5 heteroatoms. The maximum absolute atomic E-state index is 11.2. The summed E-state index contributed by atoms with van der Waals surface area (Å²) in [5.41, 5.74) is 0.983. The molecule has 2 heterocycles. The van der Waals surface area contributed by atoms with Crippen molar-refractivity contribution in [1.82, 2.24) is 10.3 Å². The molecule has 4 nitrogen and oxygen atoms in total. The van der Waals surface area contributed by atoms with E-state index in [0.29, 0.717) is 0 Å². The van der Waals surface area contributed by atoms with E-state index in [9.17, 15) is 4.79 Å². The minimum absolute atomic E-state index is 0.0380. The van der Waals surface area contributed by atoms with Crippen molar-refractivity contribution in [2.45, 2.75) is 25.8 Å². The van der Waals surface area contributed by atoms with Crippen molar-refractivity contribution < 1.29 is 4.79 Å². The highest BCUT2D eigenvalue weighted by Gasteiger charge is 2.21. The summed E-state index contributed by atoms with van der Waals surface area (Å²) in [7, 11) is 0. The normalized spacial score (nSPS) is 18.8. The van der Waals surface area contributed by atoms with Crippen LogP contribution in [-0.4, -0.2) is 30.0 Å². The van der Waals surface area contributed by atoms with Gasteiger partial charge in [-0.3, -0.25) is 4.79 Å². The number of piperidine rings is 1. The van der Waals surface area contributed by atoms with Gasteiger partial charge in [0.15, 0.2) is 0 Å². The van der Waals surface area contributed by atoms with Crippen LogP contribution in [0.5, 0.6) is 0 Å². The maximum atomic E-state index is 11.2. The molecule has 1 aromatic heterocycles. The van der Waals surface area contributed by atoms with Crippen LogP contribution in [0.15, 0.2) is 34.8 Å². The summed E-state index contributed by atoms with van der Waals surface area (Å²) in [6, 6.07) is 10.5. The van der Waals surface area contributed by atoms with Gasteiger partial charge in [0, 0.05) is 35.9 Å². The molecular formula is C16H18BrN3O. The first-order valence-electron chi connectivity index (χ1n) is 7.21. The monoisotopic (exact) mass is 347 g/mol. The lowest BCUT2D eigenvalue weighted by atomic mass is 10.1. The maximum Gasteiger partial charge on any atom is 0.217 e. The van der Waals surface area contributed by atoms with E-state index in [1.807, 2.05) is 12.1 Å². The summed E-state index contributed by atoms with van der Waals surface area (Å²) in [5.74, 6) is 1.01. The number of aromatic nitrogens is 1. The average Bonchev–Trinajstić information content (AvgIpc) is 2.47. The molecule has 0 saturated carbocycles. The third-order valence-electron chi connectivity index (χ3n) is 3.81. The van der Waals surface area contributed by atoms with Gasteiger partial charge in [-0.25, -0.2) is 4.98 Å². The first-order valence-corrected chi connectivity index (χ1v) is 8.00. The summed E-state index contributed by atoms with van der Waals surface area (Å²) in [6.45, 7) is 3.38. The standard InChI is InChI=1S/C16H18BrN3O/c1-11(21)18-13-5-3-9-20(10-13)15-8-7-12-4-2-6-14(17)16(12)19-15/h2,4,6-8,13H,3,5,9-10H2,1H3,(H,18,21)/t13-/m1/s1. The van der Waals surface area contributed by atoms with Crippen LogP contribution in [0.2, 0.25) is 0 Å². The van der Waals surface area contributed by atoms with Gasteiger partial charge in [0.1, 0.15) is 5.82 Å². The highest BCUT2D eigenvalue weighted by Crippen LogP contribution is 2.26. The number of hydrogen-bond donors (Lipinski definition) is 1. The molecule has 1 aliphatic rings. The van der Waals surface area contributed by atoms with Crippen molar-refractivity contribution in [2.75, 3.05) is 18.0 Å². The van der Waals surface area contributed by atoms with Gasteiger partial charge in [-0.1, -0.05) is 12.1 Å². The lowest BCUT2D eigenvalue weighted by Gasteiger charge is -2.33. The predicted molar refractivity (Wildman–Crippen MR) is 88.5 cm³/mol. The molecule has 1 amide bonds. The first-order chi connectivity index (χ1) is 10.1. The van der Waals surface area contributed by atoms with Crippen molar-refractivity contribution in [2.24, 2.45) is 0 Å². The van der Waals surface area contributed by atoms with Gasteiger partial charge < -0.3 is 10.2 Å². The molecule has 1 N–H and O–H groups in total. The SMILES string of the molecule is CC(=O)N[C@@H]1CCCN(c2ccc3cccc(Br)c3n2)C1. The Morgan fingerprint density at radius 1 is 1.38 bits per heavy atom. The molecule has 21 heavy (non-hydrogen) atoms. The molecule has 1 atom stereocenters. The number of nitrogens with one attached hydrogen (secondary N) is 1. The van der Waals surface area contributed by atoms with Crippen molar-refractivity contribution in [3.05, 3.63) is 34.8 Å². The van der Waals surface area contributed by atoms with Crippen LogP contribution in [0, 0.1) is 0 Å². The van der Waals surface area contributed by atoms with Crippen molar-refractivity contribution >= 4 is 38.6 Å². The number of nitrogens with zero attached hydrogens (tertiary/aromatic N) is 2. The minimum atomic E-state index is 0.0380. The fraction of sp³-hybridized carbons (Fsp3) is 0.375. The number of halogens is 1. The quantitative estimate of drug-likeness (QED) is 0.907. The molecule has 1 aliphatic heterocycles. The second kappa shape index (κ2) is 6.02. The van der Waals surface area contributed by atoms with E-state index < -0.39 is 0 Å². The van der Waals surface area contributed by atoms with Gasteiger partial charge >= 0.3 is 0 Å². The zero-order chi connectivity index (χ0) is 14.8. The number of anilines is 1. The summed E-state index contributed by atoms with van der Waals surface area (Å²) < 4.78 is 1.01. The number of carbonyl (C=O) groups excluding carboxylic acids is 1. The first kappa shape index (κ1) is 14.3. The Hall–Kier alpha value is -1.62. The van der Waals surface area contributed by atoms with Gasteiger partial charge in [-0.15, -0.1) is 0 Å². The van der Waals surface area contributed by atoms with Crippen LogP contribution in [0.25, 0.3) is 10.9 Å². The third-order valence-corrected chi connectivity index (χ3v) is 4.45. The van der Waals surface area contributed by atoms with E-state index in [1.165, 1.54) is 0 Å². The van der Waals surface area contributed by atoms with Gasteiger partial charge in [-0.05, 0) is 47.0 Å². The number of carbonyl (C=O) groups is 1. The number of hydrogen-bond acceptors (Lipinski definition) is 3. The van der Waals surface area contributed by atoms with Crippen LogP contribution in [0.1, 0.15) is 19.8 Å². The molecule has 1 aromatic carbocycles. The van der Waals surface area contributed by atoms with Crippen LogP contribution in [0.4, 0.5) is 5.82 Å². The minimum Gasteiger partial charge on any atom is -0.355 e. The van der Waals surface area contributed by atoms with Gasteiger partial charge in [0.05, 0.1) is 5.52 Å². The molecule has 0 spiro atoms. The molecule has 1 saturated heterocycles. The number of amides is 1. The molecule has 0 bridgehead atoms. The highest BCUT2D eigenvalue weighted by molar-refractivity contribution is 9.10. The topological polar surface area (TPSA) is 45.2 Å². The Bertz CT molecular complexity index is 674. The Balaban J connectivity index is 1.86. The fourth-order valence-electron chi connectivity index (χ4n) is 2.87. The fourth-order valence-corrected chi connectivity index (χ4v) is 3.34. The Labute approximate surface area is 132 Å². The summed E-state index contributed by atoms with van der Waals surface area (Å²) >= 11 is 3.56. The van der Waals surface area contributed by atoms with Crippen LogP contribution in [-0.2, 0) is 4.79 Å². The zero-order valence-corrected chi connectivity index (χ0v) is 13.6. The molecule has 0 aliphatic carbocycles. The number of benzene rings is 1. The summed E-state index contributed by atoms with van der Waals surface area (Å²) in [5, 5.41) is 4.14. The van der Waals surface area contributed by atoms with Crippen molar-refractivity contribution in [3.8, 4) is 0 Å². The molecule has 110 valence electrons. The molecular weight excluding hydrogens is 330 g/mol. The van der Waals surface area contributed by atoms with Crippen molar-refractivity contribution in [1.29, 1.82) is 0 Å². The second-order valence-electron chi connectivity index (χ2n) is 5.47. The highest BCUT2D eigenvalue weighted by atomic mass is 79.9. The van der Waals surface area contributed by atoms with Gasteiger partial charge in [0.25, 0.3) is 0 Å². The van der Waals surface area contributed by atoms with E-state index in [-0.39, 0.29) is 11.9 Å². The second-order valence-corrected chi connectivity index (χ2v) is 6.32. The third kappa shape index (κ3) is 3.18. The molecule has 3 rings (SSSR count). The summed E-state index contributed by atoms with van der Waals surface area (Å²) in [4.78, 5) is 18.3. The lowest BCUT2D eigenvalue weighted by Crippen LogP contribution is -2.47. The lowest BCUT2D eigenvalue weighted by molar-refractivity contribution is -0.119. The largest absolute Gasteiger partial charge is 0.355 e. The Morgan fingerprint density at radius 2 is 2.24 bits per heavy atom. The molecule has 0 unspecified atom stereocenters. The number of pyridine rings is 1. The Kier molecular flexibility index (Phi) is 4.10. The van der Waals surface area contributed by atoms with Gasteiger partial charge in [0.2, 0.25) is 5.91 Å². The zero-order valence-electron chi connectivity index (χ0n) is 12.0. The van der Waals surface area contributed by atoms with E-state index in [4.69, 9.17) is 4.98 Å². The molecule has 2 aromatic rings. The van der Waals surface area contributed by atoms with E-state index in [2.05, 4.69) is 44.3 Å². The number of para-hydroxylation sites is 1. The molecule has 1 fully saturated rings. The predicted octanol–water partition coefficient (Wildman–Crippen LogP) is 3.10. The van der Waals surface area contributed by atoms with E-state index in [0.717, 1.165) is 47.1 Å². The number of fused-ring (bicyclic) bond motifs is 1. The van der Waals surface area contributed by atoms with E-state index >= 15 is 0 Å². The van der Waals surface area contributed by atoms with E-state index in [1.54, 1.807) is 6.92 Å². The van der Waals surface area contributed by atoms with Crippen LogP contribution >= 0.6 is 15.9 Å². The number of rotatable bonds is 2. The van der Waals surface area contributed by atoms with Crippen molar-refractivity contribution in [3.63, 3.8) is 0 Å². The molecule has 0 radical (unpaired) electrons. The van der Waals surface area contributed by atoms with Crippen LogP contribution < -0.4 is 10.2 Å². The Morgan fingerprint density at radius 3 is 3.05 bits per heavy atom. The van der Waals surface area contributed by atoms with Gasteiger partial charge in [-0.2, -0.15) is 0 Å². The summed E-state index contributed by atoms with van der Waals surface area (Å²) in [6.07, 6.45) is 2.11. The van der Waals surface area contributed by atoms with Crippen LogP contribution in [0.3, 0.4) is 0 Å². The smallest absolute Gasteiger partial charge is 0.217 e. The average molecular weight is 348 g/mol.